The molecular formula is C30H34BrClN4O5. The van der Waals surface area contributed by atoms with Gasteiger partial charge in [0.25, 0.3) is 0 Å². The van der Waals surface area contributed by atoms with E-state index in [1.54, 1.807) is 48.8 Å². The number of carbonyl (C=O) groups excluding carboxylic acids is 3. The summed E-state index contributed by atoms with van der Waals surface area (Å²) in [4.78, 5) is 42.5. The summed E-state index contributed by atoms with van der Waals surface area (Å²) in [7, 11) is 0. The Bertz CT molecular complexity index is 1290. The van der Waals surface area contributed by atoms with Gasteiger partial charge in [0.05, 0.1) is 6.54 Å². The standard InChI is InChI=1S/C30H33BrN4O5.ClH/c31-26-4-2-1-3-23(26)19-39-30(38)40-25-11-7-20(8-12-25)17-27(29(37)34-24-13-15-33-16-14-24)35-28(36)22-9-5-21(18-32)6-10-22;/h1-4,7-8,11-16,21-22,27H,5-6,9-10,17-19,32H2,(H,35,36)(H,33,34,37);1H/t21?,22?,27-;/m0./s1. The maximum Gasteiger partial charge on any atom is 0.514 e. The smallest absolute Gasteiger partial charge is 0.514 e. The molecule has 0 unspecified atom stereocenters. The van der Waals surface area contributed by atoms with Gasteiger partial charge in [0.1, 0.15) is 18.4 Å². The minimum Gasteiger partial charge on any atom is -1.00 e. The normalized spacial score (nSPS) is 16.9. The third kappa shape index (κ3) is 9.84. The van der Waals surface area contributed by atoms with E-state index >= 15 is 0 Å². The van der Waals surface area contributed by atoms with Crippen molar-refractivity contribution in [3.8, 4) is 5.75 Å². The average Bonchev–Trinajstić information content (AvgIpc) is 2.98. The molecule has 0 radical (unpaired) electrons. The highest BCUT2D eigenvalue weighted by atomic mass is 79.9. The minimum absolute atomic E-state index is 0. The number of pyridine rings is 1. The predicted molar refractivity (Wildman–Crippen MR) is 153 cm³/mol. The number of nitrogens with one attached hydrogen (secondary N) is 2. The quantitative estimate of drug-likeness (QED) is 0.225. The maximum atomic E-state index is 13.2. The molecular weight excluding hydrogens is 612 g/mol. The second-order valence-corrected chi connectivity index (χ2v) is 10.7. The lowest BCUT2D eigenvalue weighted by molar-refractivity contribution is -0.380. The van der Waals surface area contributed by atoms with Crippen molar-refractivity contribution in [1.29, 1.82) is 0 Å². The van der Waals surface area contributed by atoms with Gasteiger partial charge >= 0.3 is 6.16 Å². The molecule has 0 spiro atoms. The Kier molecular flexibility index (Phi) is 12.6. The van der Waals surface area contributed by atoms with Gasteiger partial charge in [-0.15, -0.1) is 0 Å². The van der Waals surface area contributed by atoms with Crippen molar-refractivity contribution in [1.82, 2.24) is 10.3 Å². The average molecular weight is 646 g/mol. The summed E-state index contributed by atoms with van der Waals surface area (Å²) in [5.41, 5.74) is 6.21. The van der Waals surface area contributed by atoms with Crippen LogP contribution in [0.3, 0.4) is 0 Å². The number of benzene rings is 2. The molecule has 5 N–H and O–H groups in total. The highest BCUT2D eigenvalue weighted by Crippen LogP contribution is 2.28. The molecule has 1 aromatic heterocycles. The molecule has 1 heterocycles. The number of halogens is 2. The Balaban J connectivity index is 0.00000462. The van der Waals surface area contributed by atoms with Crippen LogP contribution in [0.15, 0.2) is 77.5 Å². The van der Waals surface area contributed by atoms with E-state index in [1.165, 1.54) is 0 Å². The molecule has 1 saturated carbocycles. The first-order valence-electron chi connectivity index (χ1n) is 13.4. The lowest BCUT2D eigenvalue weighted by Gasteiger charge is -2.27. The number of nitrogens with zero attached hydrogens (tertiary/aromatic N) is 1. The fourth-order valence-corrected chi connectivity index (χ4v) is 5.08. The molecule has 4 rings (SSSR count). The van der Waals surface area contributed by atoms with Crippen molar-refractivity contribution in [3.05, 3.63) is 88.7 Å². The van der Waals surface area contributed by atoms with Crippen LogP contribution >= 0.6 is 15.9 Å². The highest BCUT2D eigenvalue weighted by Gasteiger charge is 2.30. The van der Waals surface area contributed by atoms with Gasteiger partial charge in [-0.3, -0.25) is 14.6 Å². The van der Waals surface area contributed by atoms with Crippen LogP contribution in [0, 0.1) is 11.8 Å². The zero-order valence-electron chi connectivity index (χ0n) is 22.6. The number of amides is 2. The lowest BCUT2D eigenvalue weighted by atomic mass is 9.81. The summed E-state index contributed by atoms with van der Waals surface area (Å²) in [5.74, 6) is 0.336. The fourth-order valence-electron chi connectivity index (χ4n) is 4.68. The molecule has 0 saturated heterocycles. The lowest BCUT2D eigenvalue weighted by Crippen LogP contribution is -3.00. The topological polar surface area (TPSA) is 134 Å². The van der Waals surface area contributed by atoms with E-state index in [4.69, 9.17) is 9.47 Å². The molecule has 218 valence electrons. The number of hydrogen-bond donors (Lipinski definition) is 3. The van der Waals surface area contributed by atoms with Crippen LogP contribution in [0.5, 0.6) is 5.75 Å². The van der Waals surface area contributed by atoms with Gasteiger partial charge in [0.15, 0.2) is 0 Å². The van der Waals surface area contributed by atoms with Crippen LogP contribution in [-0.4, -0.2) is 35.5 Å². The van der Waals surface area contributed by atoms with Gasteiger partial charge < -0.3 is 38.2 Å². The molecule has 1 aliphatic rings. The second kappa shape index (κ2) is 16.1. The highest BCUT2D eigenvalue weighted by molar-refractivity contribution is 9.10. The number of aromatic nitrogens is 1. The molecule has 1 atom stereocenters. The van der Waals surface area contributed by atoms with Gasteiger partial charge in [0.2, 0.25) is 11.8 Å². The number of ether oxygens (including phenoxy) is 2. The van der Waals surface area contributed by atoms with Crippen molar-refractivity contribution >= 4 is 39.6 Å². The van der Waals surface area contributed by atoms with Crippen molar-refractivity contribution in [2.24, 2.45) is 11.8 Å². The van der Waals surface area contributed by atoms with Crippen LogP contribution in [0.4, 0.5) is 10.5 Å². The molecule has 0 aliphatic heterocycles. The number of anilines is 1. The van der Waals surface area contributed by atoms with Gasteiger partial charge in [-0.05, 0) is 61.6 Å². The Labute approximate surface area is 254 Å². The second-order valence-electron chi connectivity index (χ2n) is 9.87. The Morgan fingerprint density at radius 1 is 0.976 bits per heavy atom. The maximum absolute atomic E-state index is 13.2. The molecule has 2 aromatic carbocycles. The SMILES string of the molecule is [Cl-].[NH3+]CC1CCC(C(=O)N[C@@H](Cc2ccc(OC(=O)OCc3ccccc3Br)cc2)C(=O)Nc2ccncc2)CC1. The molecule has 2 amide bonds. The number of rotatable bonds is 10. The van der Waals surface area contributed by atoms with Crippen molar-refractivity contribution in [2.45, 2.75) is 44.8 Å². The molecule has 3 aromatic rings. The molecule has 1 aliphatic carbocycles. The summed E-state index contributed by atoms with van der Waals surface area (Å²) in [6, 6.07) is 16.8. The first-order chi connectivity index (χ1) is 19.4. The van der Waals surface area contributed by atoms with Crippen molar-refractivity contribution < 1.29 is 42.0 Å². The fraction of sp³-hybridized carbons (Fsp3) is 0.333. The van der Waals surface area contributed by atoms with Crippen LogP contribution in [-0.2, 0) is 27.4 Å². The predicted octanol–water partition coefficient (Wildman–Crippen LogP) is 1.28. The van der Waals surface area contributed by atoms with E-state index in [2.05, 4.69) is 37.3 Å². The molecule has 1 fully saturated rings. The number of carbonyl (C=O) groups is 3. The largest absolute Gasteiger partial charge is 1.00 e. The number of quaternary nitrogens is 1. The summed E-state index contributed by atoms with van der Waals surface area (Å²) >= 11 is 3.42. The third-order valence-corrected chi connectivity index (χ3v) is 7.85. The van der Waals surface area contributed by atoms with Crippen LogP contribution in [0.2, 0.25) is 0 Å². The first kappa shape index (κ1) is 32.0. The van der Waals surface area contributed by atoms with E-state index in [0.717, 1.165) is 47.8 Å². The van der Waals surface area contributed by atoms with E-state index in [9.17, 15) is 14.4 Å². The van der Waals surface area contributed by atoms with E-state index in [-0.39, 0.29) is 43.2 Å². The summed E-state index contributed by atoms with van der Waals surface area (Å²) < 4.78 is 11.3. The third-order valence-electron chi connectivity index (χ3n) is 7.07. The summed E-state index contributed by atoms with van der Waals surface area (Å²) in [6.45, 7) is 0.955. The molecule has 0 bridgehead atoms. The minimum atomic E-state index is -0.820. The van der Waals surface area contributed by atoms with Crippen molar-refractivity contribution in [3.63, 3.8) is 0 Å². The summed E-state index contributed by atoms with van der Waals surface area (Å²) in [5, 5.41) is 5.84. The number of hydrogen-bond acceptors (Lipinski definition) is 6. The molecule has 11 heteroatoms. The van der Waals surface area contributed by atoms with E-state index in [1.807, 2.05) is 24.3 Å². The molecule has 9 nitrogen and oxygen atoms in total. The Hall–Kier alpha value is -3.47. The Morgan fingerprint density at radius 2 is 1.66 bits per heavy atom. The van der Waals surface area contributed by atoms with Crippen LogP contribution < -0.4 is 33.5 Å². The zero-order valence-corrected chi connectivity index (χ0v) is 24.9. The first-order valence-corrected chi connectivity index (χ1v) is 14.2. The van der Waals surface area contributed by atoms with Crippen molar-refractivity contribution in [2.75, 3.05) is 11.9 Å². The van der Waals surface area contributed by atoms with Gasteiger partial charge in [-0.25, -0.2) is 4.79 Å². The van der Waals surface area contributed by atoms with Gasteiger partial charge in [-0.2, -0.15) is 0 Å². The van der Waals surface area contributed by atoms with E-state index in [0.29, 0.717) is 17.4 Å². The van der Waals surface area contributed by atoms with Gasteiger partial charge in [-0.1, -0.05) is 46.3 Å². The zero-order chi connectivity index (χ0) is 28.3. The Morgan fingerprint density at radius 3 is 2.32 bits per heavy atom. The van der Waals surface area contributed by atoms with Gasteiger partial charge in [0, 0.05) is 46.4 Å². The van der Waals surface area contributed by atoms with Crippen LogP contribution in [0.25, 0.3) is 0 Å². The van der Waals surface area contributed by atoms with E-state index < -0.39 is 12.2 Å². The van der Waals surface area contributed by atoms with Crippen LogP contribution in [0.1, 0.15) is 36.8 Å². The monoisotopic (exact) mass is 644 g/mol. The molecule has 41 heavy (non-hydrogen) atoms. The summed E-state index contributed by atoms with van der Waals surface area (Å²) in [6.07, 6.45) is 6.17.